The van der Waals surface area contributed by atoms with Crippen LogP contribution in [0.5, 0.6) is 0 Å². The van der Waals surface area contributed by atoms with E-state index in [1.165, 1.54) is 0 Å². The number of benzene rings is 3. The number of nitrogens with zero attached hydrogens (tertiary/aromatic N) is 1. The summed E-state index contributed by atoms with van der Waals surface area (Å²) in [6.07, 6.45) is 1.18. The highest BCUT2D eigenvalue weighted by Crippen LogP contribution is 2.30. The van der Waals surface area contributed by atoms with Crippen molar-refractivity contribution in [2.75, 3.05) is 11.4 Å². The first kappa shape index (κ1) is 19.2. The van der Waals surface area contributed by atoms with Crippen LogP contribution in [-0.4, -0.2) is 18.4 Å². The second kappa shape index (κ2) is 8.50. The average Bonchev–Trinajstić information content (AvgIpc) is 3.16. The number of anilines is 1. The molecule has 29 heavy (non-hydrogen) atoms. The quantitative estimate of drug-likeness (QED) is 0.685. The third kappa shape index (κ3) is 4.49. The number of halogens is 1. The maximum Gasteiger partial charge on any atom is 0.258 e. The second-order valence-electron chi connectivity index (χ2n) is 7.12. The molecule has 1 N–H and O–H groups in total. The van der Waals surface area contributed by atoms with E-state index >= 15 is 0 Å². The summed E-state index contributed by atoms with van der Waals surface area (Å²) in [7, 11) is 0. The van der Waals surface area contributed by atoms with Crippen LogP contribution in [0.4, 0.5) is 5.69 Å². The van der Waals surface area contributed by atoms with Gasteiger partial charge in [-0.15, -0.1) is 0 Å². The van der Waals surface area contributed by atoms with Crippen molar-refractivity contribution in [2.24, 2.45) is 0 Å². The molecule has 146 valence electrons. The zero-order valence-electron chi connectivity index (χ0n) is 15.9. The van der Waals surface area contributed by atoms with Crippen LogP contribution in [-0.2, 0) is 24.2 Å². The van der Waals surface area contributed by atoms with Crippen LogP contribution in [0.25, 0.3) is 0 Å². The Kier molecular flexibility index (Phi) is 5.63. The van der Waals surface area contributed by atoms with Crippen molar-refractivity contribution in [3.8, 4) is 0 Å². The normalized spacial score (nSPS) is 12.5. The molecule has 0 saturated carbocycles. The third-order valence-electron chi connectivity index (χ3n) is 5.08. The number of hydrogen-bond acceptors (Lipinski definition) is 2. The van der Waals surface area contributed by atoms with Gasteiger partial charge in [0.1, 0.15) is 0 Å². The van der Waals surface area contributed by atoms with Crippen molar-refractivity contribution in [1.29, 1.82) is 0 Å². The molecule has 0 radical (unpaired) electrons. The standard InChI is InChI=1S/C24H21ClN2O2/c25-21-10-8-20(9-11-21)24(29)27-13-12-19-7-6-18(14-22(19)27)16-26-23(28)15-17-4-2-1-3-5-17/h1-11,14H,12-13,15-16H2,(H,26,28). The Balaban J connectivity index is 1.44. The molecular weight excluding hydrogens is 384 g/mol. The van der Waals surface area contributed by atoms with E-state index in [0.717, 1.165) is 28.8 Å². The first-order valence-corrected chi connectivity index (χ1v) is 9.98. The fraction of sp³-hybridized carbons (Fsp3) is 0.167. The summed E-state index contributed by atoms with van der Waals surface area (Å²) in [4.78, 5) is 26.9. The largest absolute Gasteiger partial charge is 0.352 e. The molecule has 1 heterocycles. The minimum atomic E-state index is -0.0364. The number of carbonyl (C=O) groups excluding carboxylic acids is 2. The van der Waals surface area contributed by atoms with E-state index in [0.29, 0.717) is 30.1 Å². The van der Waals surface area contributed by atoms with Gasteiger partial charge in [-0.3, -0.25) is 9.59 Å². The second-order valence-corrected chi connectivity index (χ2v) is 7.55. The lowest BCUT2D eigenvalue weighted by molar-refractivity contribution is -0.120. The van der Waals surface area contributed by atoms with E-state index < -0.39 is 0 Å². The lowest BCUT2D eigenvalue weighted by Gasteiger charge is -2.18. The summed E-state index contributed by atoms with van der Waals surface area (Å²) in [5.74, 6) is -0.0588. The Morgan fingerprint density at radius 3 is 2.45 bits per heavy atom. The number of carbonyl (C=O) groups is 2. The predicted molar refractivity (Wildman–Crippen MR) is 115 cm³/mol. The van der Waals surface area contributed by atoms with E-state index in [1.807, 2.05) is 48.5 Å². The van der Waals surface area contributed by atoms with Gasteiger partial charge in [-0.2, -0.15) is 0 Å². The monoisotopic (exact) mass is 404 g/mol. The molecular formula is C24H21ClN2O2. The lowest BCUT2D eigenvalue weighted by atomic mass is 10.1. The Morgan fingerprint density at radius 1 is 0.931 bits per heavy atom. The Bertz CT molecular complexity index is 1030. The maximum absolute atomic E-state index is 12.9. The molecule has 3 aromatic carbocycles. The summed E-state index contributed by atoms with van der Waals surface area (Å²) in [5.41, 5.74) is 4.63. The predicted octanol–water partition coefficient (Wildman–Crippen LogP) is 4.40. The minimum Gasteiger partial charge on any atom is -0.352 e. The molecule has 1 aliphatic heterocycles. The van der Waals surface area contributed by atoms with E-state index in [9.17, 15) is 9.59 Å². The zero-order chi connectivity index (χ0) is 20.2. The van der Waals surface area contributed by atoms with Crippen LogP contribution in [0.3, 0.4) is 0 Å². The molecule has 2 amide bonds. The van der Waals surface area contributed by atoms with Gasteiger partial charge in [-0.1, -0.05) is 54.1 Å². The van der Waals surface area contributed by atoms with Gasteiger partial charge in [-0.25, -0.2) is 0 Å². The highest BCUT2D eigenvalue weighted by Gasteiger charge is 2.25. The molecule has 5 heteroatoms. The van der Waals surface area contributed by atoms with Crippen molar-refractivity contribution < 1.29 is 9.59 Å². The third-order valence-corrected chi connectivity index (χ3v) is 5.33. The number of rotatable bonds is 5. The van der Waals surface area contributed by atoms with E-state index in [-0.39, 0.29) is 11.8 Å². The number of amides is 2. The highest BCUT2D eigenvalue weighted by atomic mass is 35.5. The fourth-order valence-electron chi connectivity index (χ4n) is 3.54. The molecule has 4 rings (SSSR count). The minimum absolute atomic E-state index is 0.0224. The van der Waals surface area contributed by atoms with Crippen LogP contribution in [0.1, 0.15) is 27.0 Å². The summed E-state index contributed by atoms with van der Waals surface area (Å²) in [6, 6.07) is 22.7. The molecule has 4 nitrogen and oxygen atoms in total. The van der Waals surface area contributed by atoms with E-state index in [2.05, 4.69) is 5.32 Å². The van der Waals surface area contributed by atoms with E-state index in [1.54, 1.807) is 29.2 Å². The van der Waals surface area contributed by atoms with Crippen LogP contribution < -0.4 is 10.2 Å². The van der Waals surface area contributed by atoms with Crippen molar-refractivity contribution in [3.05, 3.63) is 100 Å². The van der Waals surface area contributed by atoms with Gasteiger partial charge in [0.15, 0.2) is 0 Å². The molecule has 1 aliphatic rings. The first-order chi connectivity index (χ1) is 14.1. The number of hydrogen-bond donors (Lipinski definition) is 1. The van der Waals surface area contributed by atoms with Crippen LogP contribution in [0.2, 0.25) is 5.02 Å². The Morgan fingerprint density at radius 2 is 1.69 bits per heavy atom. The maximum atomic E-state index is 12.9. The Hall–Kier alpha value is -3.11. The van der Waals surface area contributed by atoms with Gasteiger partial charge in [0.05, 0.1) is 6.42 Å². The summed E-state index contributed by atoms with van der Waals surface area (Å²) in [5, 5.41) is 3.57. The molecule has 0 spiro atoms. The summed E-state index contributed by atoms with van der Waals surface area (Å²) in [6.45, 7) is 1.09. The Labute approximate surface area is 175 Å². The van der Waals surface area contributed by atoms with Crippen LogP contribution in [0.15, 0.2) is 72.8 Å². The van der Waals surface area contributed by atoms with Gasteiger partial charge in [-0.05, 0) is 53.4 Å². The molecule has 0 saturated heterocycles. The van der Waals surface area contributed by atoms with Gasteiger partial charge in [0.2, 0.25) is 5.91 Å². The molecule has 0 unspecified atom stereocenters. The van der Waals surface area contributed by atoms with Crippen molar-refractivity contribution >= 4 is 29.1 Å². The molecule has 0 bridgehead atoms. The van der Waals surface area contributed by atoms with Crippen LogP contribution >= 0.6 is 11.6 Å². The van der Waals surface area contributed by atoms with Crippen molar-refractivity contribution in [2.45, 2.75) is 19.4 Å². The number of fused-ring (bicyclic) bond motifs is 1. The highest BCUT2D eigenvalue weighted by molar-refractivity contribution is 6.30. The van der Waals surface area contributed by atoms with Crippen molar-refractivity contribution in [1.82, 2.24) is 5.32 Å². The molecule has 3 aromatic rings. The average molecular weight is 405 g/mol. The zero-order valence-corrected chi connectivity index (χ0v) is 16.7. The number of nitrogens with one attached hydrogen (secondary N) is 1. The molecule has 0 atom stereocenters. The smallest absolute Gasteiger partial charge is 0.258 e. The molecule has 0 fully saturated rings. The summed E-state index contributed by atoms with van der Waals surface area (Å²) >= 11 is 5.93. The molecule has 0 aliphatic carbocycles. The fourth-order valence-corrected chi connectivity index (χ4v) is 3.66. The van der Waals surface area contributed by atoms with Crippen LogP contribution in [0, 0.1) is 0 Å². The SMILES string of the molecule is O=C(Cc1ccccc1)NCc1ccc2c(c1)N(C(=O)c1ccc(Cl)cc1)CC2. The summed E-state index contributed by atoms with van der Waals surface area (Å²) < 4.78 is 0. The van der Waals surface area contributed by atoms with E-state index in [4.69, 9.17) is 11.6 Å². The van der Waals surface area contributed by atoms with Gasteiger partial charge < -0.3 is 10.2 Å². The lowest BCUT2D eigenvalue weighted by Crippen LogP contribution is -2.29. The van der Waals surface area contributed by atoms with Crippen molar-refractivity contribution in [3.63, 3.8) is 0 Å². The first-order valence-electron chi connectivity index (χ1n) is 9.60. The molecule has 0 aromatic heterocycles. The topological polar surface area (TPSA) is 49.4 Å². The van der Waals surface area contributed by atoms with Gasteiger partial charge in [0, 0.05) is 29.4 Å². The van der Waals surface area contributed by atoms with Gasteiger partial charge >= 0.3 is 0 Å². The van der Waals surface area contributed by atoms with Gasteiger partial charge in [0.25, 0.3) is 5.91 Å².